The van der Waals surface area contributed by atoms with Gasteiger partial charge in [-0.1, -0.05) is 22.0 Å². The van der Waals surface area contributed by atoms with Crippen LogP contribution in [0.5, 0.6) is 0 Å². The maximum Gasteiger partial charge on any atom is 0.267 e. The van der Waals surface area contributed by atoms with Crippen molar-refractivity contribution in [1.29, 1.82) is 0 Å². The molecule has 0 radical (unpaired) electrons. The fourth-order valence-corrected chi connectivity index (χ4v) is 3.18. The highest BCUT2D eigenvalue weighted by Crippen LogP contribution is 2.25. The van der Waals surface area contributed by atoms with Gasteiger partial charge in [0.2, 0.25) is 0 Å². The minimum atomic E-state index is -3.74. The minimum Gasteiger partial charge on any atom is -0.381 e. The van der Waals surface area contributed by atoms with Gasteiger partial charge in [-0.15, -0.1) is 0 Å². The Kier molecular flexibility index (Phi) is 3.55. The average Bonchev–Trinajstić information content (AvgIpc) is 2.63. The molecule has 1 heterocycles. The Bertz CT molecular complexity index is 724. The number of nitrogen functional groups attached to an aromatic ring is 1. The van der Waals surface area contributed by atoms with Crippen molar-refractivity contribution in [2.24, 2.45) is 7.05 Å². The van der Waals surface area contributed by atoms with E-state index in [4.69, 9.17) is 5.73 Å². The van der Waals surface area contributed by atoms with E-state index in [1.807, 2.05) is 19.1 Å². The predicted octanol–water partition coefficient (Wildman–Crippen LogP) is 1.87. The lowest BCUT2D eigenvalue weighted by Gasteiger charge is -2.10. The van der Waals surface area contributed by atoms with Crippen molar-refractivity contribution < 1.29 is 8.42 Å². The lowest BCUT2D eigenvalue weighted by atomic mass is 10.2. The fraction of sp³-hybridized carbons (Fsp3) is 0.182. The van der Waals surface area contributed by atoms with Gasteiger partial charge in [0.1, 0.15) is 4.90 Å². The first-order valence-electron chi connectivity index (χ1n) is 5.37. The Morgan fingerprint density at radius 2 is 2.11 bits per heavy atom. The smallest absolute Gasteiger partial charge is 0.267 e. The van der Waals surface area contributed by atoms with Crippen LogP contribution in [0.1, 0.15) is 5.56 Å². The van der Waals surface area contributed by atoms with Crippen molar-refractivity contribution >= 4 is 37.5 Å². The number of nitrogens with two attached hydrogens (primary N) is 1. The normalized spacial score (nSPS) is 11.5. The molecule has 1 aromatic carbocycles. The molecular weight excluding hydrogens is 332 g/mol. The van der Waals surface area contributed by atoms with Crippen LogP contribution in [-0.2, 0) is 17.1 Å². The van der Waals surface area contributed by atoms with Crippen molar-refractivity contribution in [3.05, 3.63) is 34.4 Å². The largest absolute Gasteiger partial charge is 0.381 e. The molecule has 0 saturated carbocycles. The van der Waals surface area contributed by atoms with Crippen LogP contribution in [0.25, 0.3) is 0 Å². The molecule has 6 nitrogen and oxygen atoms in total. The molecule has 3 N–H and O–H groups in total. The van der Waals surface area contributed by atoms with Gasteiger partial charge >= 0.3 is 0 Å². The number of anilines is 2. The van der Waals surface area contributed by atoms with Crippen LogP contribution < -0.4 is 10.5 Å². The third kappa shape index (κ3) is 2.90. The third-order valence-corrected chi connectivity index (χ3v) is 4.43. The van der Waals surface area contributed by atoms with Crippen molar-refractivity contribution in [1.82, 2.24) is 9.78 Å². The molecule has 0 amide bonds. The van der Waals surface area contributed by atoms with Gasteiger partial charge in [0, 0.05) is 17.7 Å². The lowest BCUT2D eigenvalue weighted by molar-refractivity contribution is 0.601. The zero-order valence-electron chi connectivity index (χ0n) is 10.4. The molecule has 0 saturated heterocycles. The number of hydrogen-bond acceptors (Lipinski definition) is 4. The van der Waals surface area contributed by atoms with Crippen molar-refractivity contribution in [2.45, 2.75) is 11.8 Å². The van der Waals surface area contributed by atoms with Gasteiger partial charge in [-0.3, -0.25) is 9.40 Å². The summed E-state index contributed by atoms with van der Waals surface area (Å²) in [6.07, 6.45) is 1.37. The zero-order chi connectivity index (χ0) is 14.2. The fourth-order valence-electron chi connectivity index (χ4n) is 1.59. The zero-order valence-corrected chi connectivity index (χ0v) is 12.8. The second kappa shape index (κ2) is 4.86. The molecule has 2 rings (SSSR count). The number of rotatable bonds is 3. The van der Waals surface area contributed by atoms with Gasteiger partial charge < -0.3 is 5.73 Å². The highest BCUT2D eigenvalue weighted by atomic mass is 79.9. The van der Waals surface area contributed by atoms with Gasteiger partial charge in [-0.05, 0) is 24.6 Å². The molecule has 0 spiro atoms. The molecule has 0 fully saturated rings. The Balaban J connectivity index is 2.42. The molecule has 0 aliphatic rings. The van der Waals surface area contributed by atoms with Crippen LogP contribution in [0.15, 0.2) is 33.8 Å². The third-order valence-electron chi connectivity index (χ3n) is 2.56. The molecule has 0 unspecified atom stereocenters. The van der Waals surface area contributed by atoms with E-state index in [1.165, 1.54) is 10.9 Å². The summed E-state index contributed by atoms with van der Waals surface area (Å²) in [6.45, 7) is 1.82. The Hall–Kier alpha value is -1.54. The summed E-state index contributed by atoms with van der Waals surface area (Å²) in [6, 6.07) is 5.35. The number of aryl methyl sites for hydroxylation is 2. The monoisotopic (exact) mass is 344 g/mol. The maximum absolute atomic E-state index is 12.2. The van der Waals surface area contributed by atoms with E-state index < -0.39 is 10.0 Å². The van der Waals surface area contributed by atoms with Gasteiger partial charge in [0.05, 0.1) is 5.69 Å². The van der Waals surface area contributed by atoms with E-state index in [2.05, 4.69) is 25.8 Å². The number of aromatic nitrogens is 2. The standard InChI is InChI=1S/C11H13BrN4O2S/c1-7-3-4-8(12)5-9(7)15-19(17,18)10-6-16(2)14-11(10)13/h3-6,15H,1-2H3,(H2,13,14). The minimum absolute atomic E-state index is 0.0253. The number of sulfonamides is 1. The van der Waals surface area contributed by atoms with Crippen molar-refractivity contribution in [2.75, 3.05) is 10.5 Å². The number of halogens is 1. The summed E-state index contributed by atoms with van der Waals surface area (Å²) in [5.74, 6) is -0.0253. The SMILES string of the molecule is Cc1ccc(Br)cc1NS(=O)(=O)c1cn(C)nc1N. The van der Waals surface area contributed by atoms with Crippen LogP contribution in [0, 0.1) is 6.92 Å². The van der Waals surface area contributed by atoms with Crippen LogP contribution >= 0.6 is 15.9 Å². The molecule has 0 aliphatic heterocycles. The second-order valence-corrected chi connectivity index (χ2v) is 6.68. The van der Waals surface area contributed by atoms with E-state index in [1.54, 1.807) is 13.1 Å². The topological polar surface area (TPSA) is 90.0 Å². The highest BCUT2D eigenvalue weighted by molar-refractivity contribution is 9.10. The lowest BCUT2D eigenvalue weighted by Crippen LogP contribution is -2.14. The summed E-state index contributed by atoms with van der Waals surface area (Å²) in [4.78, 5) is -0.0330. The molecule has 2 aromatic rings. The van der Waals surface area contributed by atoms with Gasteiger partial charge in [-0.25, -0.2) is 8.42 Å². The van der Waals surface area contributed by atoms with E-state index >= 15 is 0 Å². The first-order chi connectivity index (χ1) is 8.79. The van der Waals surface area contributed by atoms with Gasteiger partial charge in [0.25, 0.3) is 10.0 Å². The Morgan fingerprint density at radius 3 is 2.68 bits per heavy atom. The summed E-state index contributed by atoms with van der Waals surface area (Å²) in [5, 5.41) is 3.82. The van der Waals surface area contributed by atoms with E-state index in [9.17, 15) is 8.42 Å². The molecule has 0 atom stereocenters. The average molecular weight is 345 g/mol. The second-order valence-electron chi connectivity index (χ2n) is 4.12. The van der Waals surface area contributed by atoms with E-state index in [0.717, 1.165) is 10.0 Å². The van der Waals surface area contributed by atoms with Crippen molar-refractivity contribution in [3.8, 4) is 0 Å². The predicted molar refractivity (Wildman–Crippen MR) is 77.3 cm³/mol. The van der Waals surface area contributed by atoms with Crippen molar-refractivity contribution in [3.63, 3.8) is 0 Å². The molecular formula is C11H13BrN4O2S. The molecule has 8 heteroatoms. The van der Waals surface area contributed by atoms with Crippen LogP contribution in [-0.4, -0.2) is 18.2 Å². The number of benzene rings is 1. The van der Waals surface area contributed by atoms with Crippen LogP contribution in [0.2, 0.25) is 0 Å². The quantitative estimate of drug-likeness (QED) is 0.889. The Labute approximate surface area is 119 Å². The summed E-state index contributed by atoms with van der Waals surface area (Å²) in [7, 11) is -2.13. The number of hydrogen-bond donors (Lipinski definition) is 2. The summed E-state index contributed by atoms with van der Waals surface area (Å²) < 4.78 is 29.1. The molecule has 0 aliphatic carbocycles. The Morgan fingerprint density at radius 1 is 1.42 bits per heavy atom. The molecule has 102 valence electrons. The van der Waals surface area contributed by atoms with Crippen LogP contribution in [0.4, 0.5) is 11.5 Å². The maximum atomic E-state index is 12.2. The first kappa shape index (κ1) is 13.9. The first-order valence-corrected chi connectivity index (χ1v) is 7.65. The highest BCUT2D eigenvalue weighted by Gasteiger charge is 2.21. The molecule has 1 aromatic heterocycles. The summed E-state index contributed by atoms with van der Waals surface area (Å²) in [5.41, 5.74) is 6.90. The van der Waals surface area contributed by atoms with E-state index in [-0.39, 0.29) is 10.7 Å². The number of nitrogens with zero attached hydrogens (tertiary/aromatic N) is 2. The molecule has 0 bridgehead atoms. The van der Waals surface area contributed by atoms with Gasteiger partial charge in [-0.2, -0.15) is 5.10 Å². The summed E-state index contributed by atoms with van der Waals surface area (Å²) >= 11 is 3.30. The van der Waals surface area contributed by atoms with E-state index in [0.29, 0.717) is 5.69 Å². The van der Waals surface area contributed by atoms with Crippen LogP contribution in [0.3, 0.4) is 0 Å². The van der Waals surface area contributed by atoms with Gasteiger partial charge in [0.15, 0.2) is 5.82 Å². The molecule has 19 heavy (non-hydrogen) atoms. The number of nitrogens with one attached hydrogen (secondary N) is 1.